The maximum absolute atomic E-state index is 12.7. The standard InChI is InChI=1S/C17H22N2O3S/c1-13(16-7-3-9-22-16)18-17(20)19(11-14-5-2-8-21-14)12-15-6-4-10-23-15/h2,4-6,8,10,13,16H,3,7,9,11-12H2,1H3,(H,18,20)/t13-,16+/m0/s1. The Bertz CT molecular complexity index is 555. The molecule has 3 rings (SSSR count). The topological polar surface area (TPSA) is 54.7 Å². The molecule has 5 nitrogen and oxygen atoms in total. The van der Waals surface area contributed by atoms with Gasteiger partial charge in [0.05, 0.1) is 31.5 Å². The van der Waals surface area contributed by atoms with Gasteiger partial charge in [0.2, 0.25) is 0 Å². The van der Waals surface area contributed by atoms with E-state index in [0.717, 1.165) is 30.1 Å². The van der Waals surface area contributed by atoms with Gasteiger partial charge in [0.15, 0.2) is 0 Å². The molecule has 2 amide bonds. The van der Waals surface area contributed by atoms with Crippen molar-refractivity contribution in [2.75, 3.05) is 6.61 Å². The number of nitrogens with one attached hydrogen (secondary N) is 1. The van der Waals surface area contributed by atoms with Gasteiger partial charge in [0, 0.05) is 11.5 Å². The number of hydrogen-bond donors (Lipinski definition) is 1. The summed E-state index contributed by atoms with van der Waals surface area (Å²) < 4.78 is 11.1. The SMILES string of the molecule is C[C@H](NC(=O)N(Cc1ccco1)Cc1cccs1)[C@H]1CCCO1. The van der Waals surface area contributed by atoms with Crippen LogP contribution in [-0.4, -0.2) is 29.7 Å². The van der Waals surface area contributed by atoms with Crippen molar-refractivity contribution in [2.45, 2.75) is 45.0 Å². The quantitative estimate of drug-likeness (QED) is 0.878. The molecule has 1 N–H and O–H groups in total. The molecule has 1 fully saturated rings. The lowest BCUT2D eigenvalue weighted by Gasteiger charge is -2.26. The number of urea groups is 1. The molecule has 2 atom stereocenters. The number of carbonyl (C=O) groups excluding carboxylic acids is 1. The largest absolute Gasteiger partial charge is 0.467 e. The van der Waals surface area contributed by atoms with Crippen molar-refractivity contribution < 1.29 is 13.9 Å². The van der Waals surface area contributed by atoms with E-state index in [0.29, 0.717) is 13.1 Å². The maximum atomic E-state index is 12.7. The van der Waals surface area contributed by atoms with Gasteiger partial charge in [-0.2, -0.15) is 0 Å². The minimum atomic E-state index is -0.0854. The van der Waals surface area contributed by atoms with E-state index in [-0.39, 0.29) is 18.2 Å². The van der Waals surface area contributed by atoms with Crippen molar-refractivity contribution in [2.24, 2.45) is 0 Å². The average molecular weight is 334 g/mol. The van der Waals surface area contributed by atoms with Gasteiger partial charge in [0.25, 0.3) is 0 Å². The summed E-state index contributed by atoms with van der Waals surface area (Å²) in [5.41, 5.74) is 0. The van der Waals surface area contributed by atoms with Gasteiger partial charge in [0.1, 0.15) is 5.76 Å². The van der Waals surface area contributed by atoms with Crippen LogP contribution >= 0.6 is 11.3 Å². The number of ether oxygens (including phenoxy) is 1. The van der Waals surface area contributed by atoms with E-state index in [1.165, 1.54) is 0 Å². The fourth-order valence-electron chi connectivity index (χ4n) is 2.76. The molecule has 23 heavy (non-hydrogen) atoms. The number of thiophene rings is 1. The van der Waals surface area contributed by atoms with Crippen molar-refractivity contribution in [1.29, 1.82) is 0 Å². The van der Waals surface area contributed by atoms with Gasteiger partial charge in [-0.1, -0.05) is 6.07 Å². The van der Waals surface area contributed by atoms with Crippen molar-refractivity contribution in [1.82, 2.24) is 10.2 Å². The molecule has 0 unspecified atom stereocenters. The number of furan rings is 1. The number of hydrogen-bond acceptors (Lipinski definition) is 4. The van der Waals surface area contributed by atoms with Crippen LogP contribution in [0, 0.1) is 0 Å². The first kappa shape index (κ1) is 16.1. The summed E-state index contributed by atoms with van der Waals surface area (Å²) in [6.45, 7) is 3.82. The van der Waals surface area contributed by atoms with Crippen LogP contribution in [0.3, 0.4) is 0 Å². The van der Waals surface area contributed by atoms with E-state index in [9.17, 15) is 4.79 Å². The van der Waals surface area contributed by atoms with E-state index in [1.807, 2.05) is 36.6 Å². The van der Waals surface area contributed by atoms with E-state index in [4.69, 9.17) is 9.15 Å². The van der Waals surface area contributed by atoms with E-state index >= 15 is 0 Å². The molecular formula is C17H22N2O3S. The highest BCUT2D eigenvalue weighted by molar-refractivity contribution is 7.09. The van der Waals surface area contributed by atoms with Gasteiger partial charge in [-0.15, -0.1) is 11.3 Å². The molecule has 0 radical (unpaired) electrons. The van der Waals surface area contributed by atoms with Crippen LogP contribution in [0.4, 0.5) is 4.79 Å². The Labute approximate surface area is 140 Å². The van der Waals surface area contributed by atoms with Crippen molar-refractivity contribution in [3.05, 3.63) is 46.5 Å². The third kappa shape index (κ3) is 4.36. The predicted molar refractivity (Wildman–Crippen MR) is 89.2 cm³/mol. The monoisotopic (exact) mass is 334 g/mol. The van der Waals surface area contributed by atoms with Crippen LogP contribution in [0.5, 0.6) is 0 Å². The third-order valence-corrected chi connectivity index (χ3v) is 4.88. The zero-order valence-electron chi connectivity index (χ0n) is 13.2. The number of rotatable bonds is 6. The van der Waals surface area contributed by atoms with E-state index in [1.54, 1.807) is 22.5 Å². The first-order valence-electron chi connectivity index (χ1n) is 7.94. The van der Waals surface area contributed by atoms with Gasteiger partial charge in [-0.3, -0.25) is 0 Å². The summed E-state index contributed by atoms with van der Waals surface area (Å²) in [5.74, 6) is 0.779. The molecule has 3 heterocycles. The summed E-state index contributed by atoms with van der Waals surface area (Å²) >= 11 is 1.65. The first-order chi connectivity index (χ1) is 11.2. The van der Waals surface area contributed by atoms with E-state index < -0.39 is 0 Å². The summed E-state index contributed by atoms with van der Waals surface area (Å²) in [7, 11) is 0. The van der Waals surface area contributed by atoms with Crippen LogP contribution in [0.2, 0.25) is 0 Å². The minimum absolute atomic E-state index is 0.00689. The summed E-state index contributed by atoms with van der Waals surface area (Å²) in [4.78, 5) is 15.6. The average Bonchev–Trinajstić information content (AvgIpc) is 3.30. The van der Waals surface area contributed by atoms with Crippen molar-refractivity contribution in [3.63, 3.8) is 0 Å². The molecular weight excluding hydrogens is 312 g/mol. The minimum Gasteiger partial charge on any atom is -0.467 e. The van der Waals surface area contributed by atoms with Crippen LogP contribution in [0.1, 0.15) is 30.4 Å². The Balaban J connectivity index is 1.64. The molecule has 6 heteroatoms. The van der Waals surface area contributed by atoms with Crippen LogP contribution in [-0.2, 0) is 17.8 Å². The molecule has 0 aliphatic carbocycles. The molecule has 2 aromatic heterocycles. The second-order valence-corrected chi connectivity index (χ2v) is 6.84. The summed E-state index contributed by atoms with van der Waals surface area (Å²) in [6, 6.07) is 7.68. The van der Waals surface area contributed by atoms with Crippen LogP contribution in [0.15, 0.2) is 40.3 Å². The zero-order chi connectivity index (χ0) is 16.1. The summed E-state index contributed by atoms with van der Waals surface area (Å²) in [6.07, 6.45) is 3.82. The van der Waals surface area contributed by atoms with Crippen molar-refractivity contribution in [3.8, 4) is 0 Å². The number of nitrogens with zero attached hydrogens (tertiary/aromatic N) is 1. The molecule has 1 aliphatic heterocycles. The maximum Gasteiger partial charge on any atom is 0.318 e. The molecule has 1 saturated heterocycles. The zero-order valence-corrected chi connectivity index (χ0v) is 14.1. The third-order valence-electron chi connectivity index (χ3n) is 4.01. The lowest BCUT2D eigenvalue weighted by molar-refractivity contribution is 0.0826. The molecule has 0 aromatic carbocycles. The fourth-order valence-corrected chi connectivity index (χ4v) is 3.48. The molecule has 124 valence electrons. The second kappa shape index (κ2) is 7.66. The normalized spacial score (nSPS) is 18.7. The Morgan fingerprint density at radius 2 is 2.35 bits per heavy atom. The van der Waals surface area contributed by atoms with Crippen LogP contribution < -0.4 is 5.32 Å². The van der Waals surface area contributed by atoms with Crippen LogP contribution in [0.25, 0.3) is 0 Å². The smallest absolute Gasteiger partial charge is 0.318 e. The predicted octanol–water partition coefficient (Wildman–Crippen LogP) is 3.62. The van der Waals surface area contributed by atoms with Crippen molar-refractivity contribution >= 4 is 17.4 Å². The lowest BCUT2D eigenvalue weighted by atomic mass is 10.1. The molecule has 1 aliphatic rings. The Kier molecular flexibility index (Phi) is 5.35. The number of carbonyl (C=O) groups is 1. The fraction of sp³-hybridized carbons (Fsp3) is 0.471. The first-order valence-corrected chi connectivity index (χ1v) is 8.82. The van der Waals surface area contributed by atoms with Gasteiger partial charge < -0.3 is 19.4 Å². The second-order valence-electron chi connectivity index (χ2n) is 5.80. The highest BCUT2D eigenvalue weighted by atomic mass is 32.1. The van der Waals surface area contributed by atoms with Gasteiger partial charge in [-0.05, 0) is 43.3 Å². The Hall–Kier alpha value is -1.79. The van der Waals surface area contributed by atoms with E-state index in [2.05, 4.69) is 5.32 Å². The highest BCUT2D eigenvalue weighted by Gasteiger charge is 2.26. The Morgan fingerprint density at radius 3 is 3.00 bits per heavy atom. The number of amides is 2. The molecule has 0 saturated carbocycles. The highest BCUT2D eigenvalue weighted by Crippen LogP contribution is 2.18. The van der Waals surface area contributed by atoms with Gasteiger partial charge in [-0.25, -0.2) is 4.79 Å². The molecule has 2 aromatic rings. The summed E-state index contributed by atoms with van der Waals surface area (Å²) in [5, 5.41) is 5.09. The van der Waals surface area contributed by atoms with Gasteiger partial charge >= 0.3 is 6.03 Å². The molecule has 0 spiro atoms. The Morgan fingerprint density at radius 1 is 1.43 bits per heavy atom. The lowest BCUT2D eigenvalue weighted by Crippen LogP contribution is -2.47. The molecule has 0 bridgehead atoms.